The Labute approximate surface area is 120 Å². The van der Waals surface area contributed by atoms with Crippen molar-refractivity contribution in [2.45, 2.75) is 45.2 Å². The van der Waals surface area contributed by atoms with Crippen LogP contribution in [0.2, 0.25) is 0 Å². The second-order valence-electron chi connectivity index (χ2n) is 5.37. The van der Waals surface area contributed by atoms with Crippen LogP contribution < -0.4 is 4.74 Å². The van der Waals surface area contributed by atoms with Crippen molar-refractivity contribution in [3.05, 3.63) is 29.3 Å². The molecule has 0 amide bonds. The molecule has 0 radical (unpaired) electrons. The number of rotatable bonds is 8. The number of benzene rings is 1. The van der Waals surface area contributed by atoms with E-state index < -0.39 is 0 Å². The molecule has 3 atom stereocenters. The molecule has 0 saturated carbocycles. The van der Waals surface area contributed by atoms with E-state index in [-0.39, 0.29) is 6.29 Å². The lowest BCUT2D eigenvalue weighted by molar-refractivity contribution is -0.0623. The van der Waals surface area contributed by atoms with Crippen molar-refractivity contribution in [1.29, 1.82) is 0 Å². The molecule has 2 aliphatic heterocycles. The van der Waals surface area contributed by atoms with Crippen molar-refractivity contribution in [1.82, 2.24) is 0 Å². The highest BCUT2D eigenvalue weighted by Crippen LogP contribution is 2.32. The summed E-state index contributed by atoms with van der Waals surface area (Å²) in [6, 6.07) is 6.33. The van der Waals surface area contributed by atoms with Gasteiger partial charge in [0.15, 0.2) is 6.29 Å². The summed E-state index contributed by atoms with van der Waals surface area (Å²) in [5.74, 6) is 0.958. The summed E-state index contributed by atoms with van der Waals surface area (Å²) in [6.07, 6.45) is 2.29. The van der Waals surface area contributed by atoms with Crippen LogP contribution in [0.3, 0.4) is 0 Å². The van der Waals surface area contributed by atoms with Gasteiger partial charge in [0.05, 0.1) is 25.4 Å². The van der Waals surface area contributed by atoms with E-state index in [1.54, 1.807) is 0 Å². The highest BCUT2D eigenvalue weighted by Gasteiger charge is 2.28. The Morgan fingerprint density at radius 3 is 2.15 bits per heavy atom. The van der Waals surface area contributed by atoms with Crippen LogP contribution in [-0.4, -0.2) is 38.3 Å². The highest BCUT2D eigenvalue weighted by atomic mass is 16.7. The average Bonchev–Trinajstić information content (AvgIpc) is 3.28. The summed E-state index contributed by atoms with van der Waals surface area (Å²) in [5.41, 5.74) is 2.41. The van der Waals surface area contributed by atoms with Gasteiger partial charge in [-0.1, -0.05) is 18.2 Å². The summed E-state index contributed by atoms with van der Waals surface area (Å²) in [6.45, 7) is 6.27. The molecule has 0 bridgehead atoms. The summed E-state index contributed by atoms with van der Waals surface area (Å²) in [4.78, 5) is 0. The zero-order chi connectivity index (χ0) is 13.9. The minimum atomic E-state index is -0.236. The van der Waals surface area contributed by atoms with Crippen molar-refractivity contribution in [2.24, 2.45) is 0 Å². The molecule has 2 fully saturated rings. The Bertz CT molecular complexity index is 420. The third-order valence-electron chi connectivity index (χ3n) is 3.56. The predicted octanol–water partition coefficient (Wildman–Crippen LogP) is 2.33. The zero-order valence-electron chi connectivity index (χ0n) is 12.1. The first-order valence-electron chi connectivity index (χ1n) is 7.38. The second kappa shape index (κ2) is 6.12. The zero-order valence-corrected chi connectivity index (χ0v) is 12.1. The van der Waals surface area contributed by atoms with E-state index in [1.807, 2.05) is 13.8 Å². The van der Waals surface area contributed by atoms with Crippen molar-refractivity contribution in [3.63, 3.8) is 0 Å². The molecule has 20 heavy (non-hydrogen) atoms. The minimum Gasteiger partial charge on any atom is -0.465 e. The molecule has 4 heteroatoms. The first-order chi connectivity index (χ1) is 9.76. The Morgan fingerprint density at radius 1 is 1.15 bits per heavy atom. The molecule has 1 aromatic carbocycles. The smallest absolute Gasteiger partial charge is 0.196 e. The molecular formula is C16H22O4. The van der Waals surface area contributed by atoms with E-state index in [2.05, 4.69) is 18.2 Å². The SMILES string of the molecule is CCOC(C)Oc1c(CC2CO2)cccc1CC1CO1. The van der Waals surface area contributed by atoms with Gasteiger partial charge in [0, 0.05) is 19.4 Å². The van der Waals surface area contributed by atoms with Gasteiger partial charge >= 0.3 is 0 Å². The Morgan fingerprint density at radius 2 is 1.70 bits per heavy atom. The molecular weight excluding hydrogens is 256 g/mol. The van der Waals surface area contributed by atoms with E-state index in [1.165, 1.54) is 11.1 Å². The molecule has 2 heterocycles. The first-order valence-corrected chi connectivity index (χ1v) is 7.38. The Balaban J connectivity index is 1.79. The van der Waals surface area contributed by atoms with Crippen molar-refractivity contribution in [2.75, 3.05) is 19.8 Å². The molecule has 4 nitrogen and oxygen atoms in total. The van der Waals surface area contributed by atoms with Crippen LogP contribution in [0.4, 0.5) is 0 Å². The van der Waals surface area contributed by atoms with Gasteiger partial charge in [-0.15, -0.1) is 0 Å². The third-order valence-corrected chi connectivity index (χ3v) is 3.56. The lowest BCUT2D eigenvalue weighted by Crippen LogP contribution is -2.18. The van der Waals surface area contributed by atoms with Gasteiger partial charge in [0.2, 0.25) is 0 Å². The van der Waals surface area contributed by atoms with E-state index in [9.17, 15) is 0 Å². The molecule has 1 aromatic rings. The molecule has 0 aliphatic carbocycles. The maximum absolute atomic E-state index is 6.04. The fraction of sp³-hybridized carbons (Fsp3) is 0.625. The molecule has 2 aliphatic rings. The van der Waals surface area contributed by atoms with E-state index in [0.717, 1.165) is 31.8 Å². The van der Waals surface area contributed by atoms with Crippen molar-refractivity contribution >= 4 is 0 Å². The van der Waals surface area contributed by atoms with Gasteiger partial charge in [0.25, 0.3) is 0 Å². The molecule has 0 N–H and O–H groups in total. The number of ether oxygens (including phenoxy) is 4. The lowest BCUT2D eigenvalue weighted by atomic mass is 10.0. The Kier molecular flexibility index (Phi) is 4.24. The summed E-state index contributed by atoms with van der Waals surface area (Å²) >= 11 is 0. The maximum Gasteiger partial charge on any atom is 0.196 e. The van der Waals surface area contributed by atoms with E-state index in [0.29, 0.717) is 18.8 Å². The van der Waals surface area contributed by atoms with Crippen LogP contribution in [-0.2, 0) is 27.1 Å². The molecule has 3 unspecified atom stereocenters. The fourth-order valence-corrected chi connectivity index (χ4v) is 2.41. The quantitative estimate of drug-likeness (QED) is 0.541. The Hall–Kier alpha value is -1.10. The molecule has 0 spiro atoms. The van der Waals surface area contributed by atoms with Crippen LogP contribution in [0, 0.1) is 0 Å². The predicted molar refractivity (Wildman–Crippen MR) is 75.0 cm³/mol. The molecule has 0 aromatic heterocycles. The van der Waals surface area contributed by atoms with Crippen LogP contribution in [0.15, 0.2) is 18.2 Å². The monoisotopic (exact) mass is 278 g/mol. The van der Waals surface area contributed by atoms with E-state index in [4.69, 9.17) is 18.9 Å². The summed E-state index contributed by atoms with van der Waals surface area (Å²) in [5, 5.41) is 0. The van der Waals surface area contributed by atoms with Gasteiger partial charge < -0.3 is 18.9 Å². The largest absolute Gasteiger partial charge is 0.465 e. The molecule has 3 rings (SSSR count). The number of para-hydroxylation sites is 1. The van der Waals surface area contributed by atoms with Crippen molar-refractivity contribution < 1.29 is 18.9 Å². The van der Waals surface area contributed by atoms with Gasteiger partial charge in [-0.2, -0.15) is 0 Å². The van der Waals surface area contributed by atoms with Gasteiger partial charge in [-0.05, 0) is 25.0 Å². The maximum atomic E-state index is 6.04. The average molecular weight is 278 g/mol. The summed E-state index contributed by atoms with van der Waals surface area (Å²) in [7, 11) is 0. The normalized spacial score (nSPS) is 25.3. The number of hydrogen-bond donors (Lipinski definition) is 0. The second-order valence-corrected chi connectivity index (χ2v) is 5.37. The molecule has 2 saturated heterocycles. The fourth-order valence-electron chi connectivity index (χ4n) is 2.41. The van der Waals surface area contributed by atoms with Crippen LogP contribution in [0.5, 0.6) is 5.75 Å². The first kappa shape index (κ1) is 13.9. The van der Waals surface area contributed by atoms with E-state index >= 15 is 0 Å². The van der Waals surface area contributed by atoms with Gasteiger partial charge in [-0.3, -0.25) is 0 Å². The topological polar surface area (TPSA) is 43.5 Å². The summed E-state index contributed by atoms with van der Waals surface area (Å²) < 4.78 is 22.2. The van der Waals surface area contributed by atoms with Gasteiger partial charge in [0.1, 0.15) is 5.75 Å². The third kappa shape index (κ3) is 3.72. The van der Waals surface area contributed by atoms with Gasteiger partial charge in [-0.25, -0.2) is 0 Å². The number of hydrogen-bond acceptors (Lipinski definition) is 4. The molecule has 110 valence electrons. The highest BCUT2D eigenvalue weighted by molar-refractivity contribution is 5.43. The number of epoxide rings is 2. The standard InChI is InChI=1S/C16H22O4/c1-3-17-11(2)20-16-12(7-14-9-18-14)5-4-6-13(16)8-15-10-19-15/h4-6,11,14-15H,3,7-10H2,1-2H3. The van der Waals surface area contributed by atoms with Crippen LogP contribution in [0.1, 0.15) is 25.0 Å². The van der Waals surface area contributed by atoms with Crippen LogP contribution in [0.25, 0.3) is 0 Å². The van der Waals surface area contributed by atoms with Crippen molar-refractivity contribution in [3.8, 4) is 5.75 Å². The minimum absolute atomic E-state index is 0.236. The van der Waals surface area contributed by atoms with Crippen LogP contribution >= 0.6 is 0 Å². The lowest BCUT2D eigenvalue weighted by Gasteiger charge is -2.20.